The topological polar surface area (TPSA) is 24.5 Å². The lowest BCUT2D eigenvalue weighted by molar-refractivity contribution is 0.216. The molecule has 1 saturated heterocycles. The number of benzene rings is 1. The predicted octanol–water partition coefficient (Wildman–Crippen LogP) is 2.48. The minimum Gasteiger partial charge on any atom is -0.492 e. The van der Waals surface area contributed by atoms with Gasteiger partial charge in [-0.3, -0.25) is 4.90 Å². The van der Waals surface area contributed by atoms with Crippen LogP contribution >= 0.6 is 0 Å². The van der Waals surface area contributed by atoms with Gasteiger partial charge in [-0.1, -0.05) is 32.0 Å². The van der Waals surface area contributed by atoms with E-state index in [9.17, 15) is 0 Å². The Labute approximate surface area is 116 Å². The average Bonchev–Trinajstić information content (AvgIpc) is 2.68. The molecule has 1 aromatic rings. The summed E-state index contributed by atoms with van der Waals surface area (Å²) < 4.78 is 5.98. The van der Waals surface area contributed by atoms with E-state index in [-0.39, 0.29) is 0 Å². The molecule has 1 heterocycles. The summed E-state index contributed by atoms with van der Waals surface area (Å²) in [5.74, 6) is 1.56. The summed E-state index contributed by atoms with van der Waals surface area (Å²) in [4.78, 5) is 2.48. The van der Waals surface area contributed by atoms with Gasteiger partial charge in [0.25, 0.3) is 0 Å². The molecule has 0 bridgehead atoms. The highest BCUT2D eigenvalue weighted by Crippen LogP contribution is 2.25. The van der Waals surface area contributed by atoms with Gasteiger partial charge in [0.1, 0.15) is 12.4 Å². The molecule has 0 aromatic heterocycles. The van der Waals surface area contributed by atoms with E-state index in [0.29, 0.717) is 5.92 Å². The fourth-order valence-corrected chi connectivity index (χ4v) is 2.50. The van der Waals surface area contributed by atoms with E-state index < -0.39 is 0 Å². The summed E-state index contributed by atoms with van der Waals surface area (Å²) in [5, 5.41) is 3.43. The van der Waals surface area contributed by atoms with Crippen molar-refractivity contribution in [3.63, 3.8) is 0 Å². The van der Waals surface area contributed by atoms with Crippen LogP contribution in [0.15, 0.2) is 24.3 Å². The zero-order valence-corrected chi connectivity index (χ0v) is 12.2. The van der Waals surface area contributed by atoms with Gasteiger partial charge in [-0.05, 0) is 37.1 Å². The van der Waals surface area contributed by atoms with Crippen molar-refractivity contribution in [3.05, 3.63) is 29.8 Å². The van der Waals surface area contributed by atoms with Gasteiger partial charge in [0.15, 0.2) is 0 Å². The first-order chi connectivity index (χ1) is 9.27. The predicted molar refractivity (Wildman–Crippen MR) is 80.0 cm³/mol. The molecule has 1 aliphatic heterocycles. The van der Waals surface area contributed by atoms with Gasteiger partial charge in [0, 0.05) is 19.6 Å². The zero-order chi connectivity index (χ0) is 13.5. The fraction of sp³-hybridized carbons (Fsp3) is 0.625. The fourth-order valence-electron chi connectivity index (χ4n) is 2.50. The van der Waals surface area contributed by atoms with Crippen LogP contribution in [0.3, 0.4) is 0 Å². The van der Waals surface area contributed by atoms with Gasteiger partial charge >= 0.3 is 0 Å². The molecular formula is C16H26N2O. The second-order valence-electron chi connectivity index (χ2n) is 5.49. The first-order valence-corrected chi connectivity index (χ1v) is 7.42. The van der Waals surface area contributed by atoms with Crippen LogP contribution in [0.1, 0.15) is 31.7 Å². The summed E-state index contributed by atoms with van der Waals surface area (Å²) in [6.45, 7) is 10.8. The molecule has 0 radical (unpaired) electrons. The van der Waals surface area contributed by atoms with Crippen LogP contribution in [0, 0.1) is 0 Å². The molecule has 1 aromatic carbocycles. The van der Waals surface area contributed by atoms with Crippen molar-refractivity contribution in [1.82, 2.24) is 10.2 Å². The maximum atomic E-state index is 5.98. The third-order valence-electron chi connectivity index (χ3n) is 3.64. The lowest BCUT2D eigenvalue weighted by Gasteiger charge is -2.20. The quantitative estimate of drug-likeness (QED) is 0.882. The van der Waals surface area contributed by atoms with Gasteiger partial charge in [-0.15, -0.1) is 0 Å². The van der Waals surface area contributed by atoms with Crippen LogP contribution in [-0.4, -0.2) is 44.2 Å². The lowest BCUT2D eigenvalue weighted by atomic mass is 10.0. The maximum absolute atomic E-state index is 5.98. The Kier molecular flexibility index (Phi) is 5.67. The van der Waals surface area contributed by atoms with E-state index in [0.717, 1.165) is 38.5 Å². The molecule has 2 rings (SSSR count). The van der Waals surface area contributed by atoms with Crippen molar-refractivity contribution in [1.29, 1.82) is 0 Å². The Morgan fingerprint density at radius 2 is 2.05 bits per heavy atom. The van der Waals surface area contributed by atoms with E-state index in [2.05, 4.69) is 48.3 Å². The number of nitrogens with one attached hydrogen (secondary N) is 1. The van der Waals surface area contributed by atoms with Crippen molar-refractivity contribution in [2.75, 3.05) is 39.3 Å². The molecule has 0 amide bonds. The highest BCUT2D eigenvalue weighted by Gasteiger charge is 2.10. The van der Waals surface area contributed by atoms with E-state index in [1.165, 1.54) is 18.5 Å². The monoisotopic (exact) mass is 262 g/mol. The highest BCUT2D eigenvalue weighted by molar-refractivity contribution is 5.35. The van der Waals surface area contributed by atoms with Gasteiger partial charge in [-0.25, -0.2) is 0 Å². The van der Waals surface area contributed by atoms with Gasteiger partial charge in [0.2, 0.25) is 0 Å². The number of hydrogen-bond donors (Lipinski definition) is 1. The van der Waals surface area contributed by atoms with Crippen molar-refractivity contribution < 1.29 is 4.74 Å². The Bertz CT molecular complexity index is 371. The van der Waals surface area contributed by atoms with Crippen LogP contribution in [0.5, 0.6) is 5.75 Å². The summed E-state index contributed by atoms with van der Waals surface area (Å²) in [6.07, 6.45) is 1.24. The van der Waals surface area contributed by atoms with Crippen LogP contribution in [0.4, 0.5) is 0 Å². The van der Waals surface area contributed by atoms with E-state index in [1.54, 1.807) is 0 Å². The molecule has 0 saturated carbocycles. The summed E-state index contributed by atoms with van der Waals surface area (Å²) in [7, 11) is 0. The van der Waals surface area contributed by atoms with E-state index >= 15 is 0 Å². The van der Waals surface area contributed by atoms with Gasteiger partial charge in [0.05, 0.1) is 0 Å². The number of para-hydroxylation sites is 1. The van der Waals surface area contributed by atoms with E-state index in [4.69, 9.17) is 4.74 Å². The Morgan fingerprint density at radius 3 is 2.89 bits per heavy atom. The van der Waals surface area contributed by atoms with Crippen LogP contribution in [-0.2, 0) is 0 Å². The van der Waals surface area contributed by atoms with Crippen molar-refractivity contribution >= 4 is 0 Å². The summed E-state index contributed by atoms with van der Waals surface area (Å²) >= 11 is 0. The molecule has 1 aliphatic rings. The molecule has 0 spiro atoms. The second-order valence-corrected chi connectivity index (χ2v) is 5.49. The van der Waals surface area contributed by atoms with Crippen LogP contribution in [0.2, 0.25) is 0 Å². The first-order valence-electron chi connectivity index (χ1n) is 7.42. The molecule has 3 nitrogen and oxygen atoms in total. The van der Waals surface area contributed by atoms with Gasteiger partial charge < -0.3 is 10.1 Å². The molecule has 0 unspecified atom stereocenters. The molecule has 1 fully saturated rings. The zero-order valence-electron chi connectivity index (χ0n) is 12.2. The van der Waals surface area contributed by atoms with Crippen molar-refractivity contribution in [2.45, 2.75) is 26.2 Å². The maximum Gasteiger partial charge on any atom is 0.122 e. The van der Waals surface area contributed by atoms with Crippen molar-refractivity contribution in [3.8, 4) is 5.75 Å². The number of nitrogens with zero attached hydrogens (tertiary/aromatic N) is 1. The van der Waals surface area contributed by atoms with Crippen LogP contribution in [0.25, 0.3) is 0 Å². The summed E-state index contributed by atoms with van der Waals surface area (Å²) in [5.41, 5.74) is 1.31. The third-order valence-corrected chi connectivity index (χ3v) is 3.64. The lowest BCUT2D eigenvalue weighted by Crippen LogP contribution is -2.31. The first kappa shape index (κ1) is 14.4. The minimum absolute atomic E-state index is 0.513. The SMILES string of the molecule is CC(C)c1ccccc1OCCN1CCCNCC1. The number of rotatable bonds is 5. The highest BCUT2D eigenvalue weighted by atomic mass is 16.5. The number of ether oxygens (including phenoxy) is 1. The molecule has 1 N–H and O–H groups in total. The Morgan fingerprint density at radius 1 is 1.21 bits per heavy atom. The molecule has 0 aliphatic carbocycles. The molecule has 3 heteroatoms. The largest absolute Gasteiger partial charge is 0.492 e. The standard InChI is InChI=1S/C16H26N2O/c1-14(2)15-6-3-4-7-16(15)19-13-12-18-10-5-8-17-9-11-18/h3-4,6-7,14,17H,5,8-13H2,1-2H3. The molecule has 0 atom stereocenters. The molecule has 19 heavy (non-hydrogen) atoms. The Balaban J connectivity index is 1.81. The normalized spacial score (nSPS) is 17.4. The van der Waals surface area contributed by atoms with Gasteiger partial charge in [-0.2, -0.15) is 0 Å². The smallest absolute Gasteiger partial charge is 0.122 e. The van der Waals surface area contributed by atoms with Crippen molar-refractivity contribution in [2.24, 2.45) is 0 Å². The number of hydrogen-bond acceptors (Lipinski definition) is 3. The summed E-state index contributed by atoms with van der Waals surface area (Å²) in [6, 6.07) is 8.38. The second kappa shape index (κ2) is 7.51. The van der Waals surface area contributed by atoms with Crippen LogP contribution < -0.4 is 10.1 Å². The minimum atomic E-state index is 0.513. The third kappa shape index (κ3) is 4.51. The molecule has 106 valence electrons. The van der Waals surface area contributed by atoms with E-state index in [1.807, 2.05) is 0 Å². The Hall–Kier alpha value is -1.06. The molecular weight excluding hydrogens is 236 g/mol. The average molecular weight is 262 g/mol.